The zero-order valence-corrected chi connectivity index (χ0v) is 22.2. The second-order valence-corrected chi connectivity index (χ2v) is 11.5. The van der Waals surface area contributed by atoms with Gasteiger partial charge < -0.3 is 15.2 Å². The Morgan fingerprint density at radius 2 is 1.81 bits per heavy atom. The van der Waals surface area contributed by atoms with Crippen LogP contribution in [0.4, 0.5) is 8.78 Å². The molecule has 1 amide bonds. The Bertz CT molecular complexity index is 1050. The van der Waals surface area contributed by atoms with Crippen LogP contribution in [0.1, 0.15) is 94.0 Å². The van der Waals surface area contributed by atoms with Gasteiger partial charge in [-0.1, -0.05) is 44.2 Å². The summed E-state index contributed by atoms with van der Waals surface area (Å²) in [5.74, 6) is -0.492. The second kappa shape index (κ2) is 10.8. The number of alkyl halides is 2. The molecule has 2 aromatic rings. The molecule has 1 unspecified atom stereocenters. The van der Waals surface area contributed by atoms with Crippen molar-refractivity contribution in [3.63, 3.8) is 0 Å². The molecule has 0 aliphatic carbocycles. The molecule has 3 aliphatic rings. The third kappa shape index (κ3) is 5.72. The van der Waals surface area contributed by atoms with Gasteiger partial charge in [-0.05, 0) is 51.0 Å². The van der Waals surface area contributed by atoms with E-state index < -0.39 is 18.5 Å². The van der Waals surface area contributed by atoms with Gasteiger partial charge in [0.25, 0.3) is 5.92 Å². The van der Waals surface area contributed by atoms with Crippen LogP contribution in [0.2, 0.25) is 0 Å². The van der Waals surface area contributed by atoms with Gasteiger partial charge in [0.1, 0.15) is 11.6 Å². The highest BCUT2D eigenvalue weighted by molar-refractivity contribution is 5.82. The Balaban J connectivity index is 1.24. The number of aromatic nitrogens is 3. The van der Waals surface area contributed by atoms with Crippen LogP contribution >= 0.6 is 0 Å². The second-order valence-electron chi connectivity index (χ2n) is 11.5. The quantitative estimate of drug-likeness (QED) is 0.542. The predicted molar refractivity (Wildman–Crippen MR) is 139 cm³/mol. The van der Waals surface area contributed by atoms with Crippen molar-refractivity contribution in [1.82, 2.24) is 30.3 Å². The van der Waals surface area contributed by atoms with E-state index in [2.05, 4.69) is 51.1 Å². The highest BCUT2D eigenvalue weighted by Crippen LogP contribution is 2.42. The van der Waals surface area contributed by atoms with Crippen LogP contribution < -0.4 is 10.6 Å². The van der Waals surface area contributed by atoms with E-state index in [1.807, 2.05) is 30.3 Å². The first-order chi connectivity index (χ1) is 17.7. The maximum Gasteiger partial charge on any atom is 0.260 e. The first-order valence-corrected chi connectivity index (χ1v) is 13.9. The summed E-state index contributed by atoms with van der Waals surface area (Å²) in [4.78, 5) is 15.7. The average molecular weight is 515 g/mol. The largest absolute Gasteiger partial charge is 0.348 e. The molecule has 0 saturated carbocycles. The summed E-state index contributed by atoms with van der Waals surface area (Å²) in [6.07, 6.45) is 5.27. The number of carbonyl (C=O) groups is 1. The monoisotopic (exact) mass is 514 g/mol. The number of nitrogens with one attached hydrogen (secondary N) is 2. The first kappa shape index (κ1) is 26.2. The molecular formula is C28H40F2N6O. The molecule has 1 aromatic carbocycles. The normalized spacial score (nSPS) is 28.4. The number of amides is 1. The summed E-state index contributed by atoms with van der Waals surface area (Å²) in [7, 11) is 0. The molecule has 202 valence electrons. The summed E-state index contributed by atoms with van der Waals surface area (Å²) < 4.78 is 29.5. The fourth-order valence-corrected chi connectivity index (χ4v) is 6.65. The summed E-state index contributed by atoms with van der Waals surface area (Å²) in [5.41, 5.74) is 1.06. The fourth-order valence-electron chi connectivity index (χ4n) is 6.65. The van der Waals surface area contributed by atoms with Crippen molar-refractivity contribution in [1.29, 1.82) is 0 Å². The minimum Gasteiger partial charge on any atom is -0.348 e. The van der Waals surface area contributed by atoms with Gasteiger partial charge in [0.15, 0.2) is 0 Å². The average Bonchev–Trinajstić information content (AvgIpc) is 3.37. The molecular weight excluding hydrogens is 474 g/mol. The molecule has 0 spiro atoms. The Morgan fingerprint density at radius 3 is 2.43 bits per heavy atom. The van der Waals surface area contributed by atoms with Crippen LogP contribution in [0.3, 0.4) is 0 Å². The summed E-state index contributed by atoms with van der Waals surface area (Å²) in [6, 6.07) is 10.8. The van der Waals surface area contributed by atoms with Crippen LogP contribution in [-0.2, 0) is 4.79 Å². The van der Waals surface area contributed by atoms with E-state index in [0.29, 0.717) is 24.0 Å². The van der Waals surface area contributed by atoms with Crippen LogP contribution in [0, 0.1) is 6.92 Å². The Labute approximate surface area is 218 Å². The molecule has 5 atom stereocenters. The molecule has 7 nitrogen and oxygen atoms in total. The van der Waals surface area contributed by atoms with E-state index in [1.54, 1.807) is 0 Å². The number of carbonyl (C=O) groups excluding carboxylic acids is 1. The number of hydrogen-bond donors (Lipinski definition) is 2. The molecule has 3 saturated heterocycles. The molecule has 5 rings (SSSR count). The van der Waals surface area contributed by atoms with Crippen LogP contribution in [0.5, 0.6) is 0 Å². The van der Waals surface area contributed by atoms with Crippen molar-refractivity contribution < 1.29 is 13.6 Å². The van der Waals surface area contributed by atoms with Crippen LogP contribution in [0.15, 0.2) is 30.3 Å². The number of aryl methyl sites for hydroxylation is 1. The highest BCUT2D eigenvalue weighted by atomic mass is 19.3. The van der Waals surface area contributed by atoms with E-state index in [-0.39, 0.29) is 24.8 Å². The lowest BCUT2D eigenvalue weighted by molar-refractivity contribution is -0.126. The summed E-state index contributed by atoms with van der Waals surface area (Å²) >= 11 is 0. The van der Waals surface area contributed by atoms with Gasteiger partial charge in [0.05, 0.1) is 18.6 Å². The van der Waals surface area contributed by atoms with Gasteiger partial charge >= 0.3 is 0 Å². The maximum absolute atomic E-state index is 13.6. The molecule has 3 fully saturated rings. The Hall–Kier alpha value is -2.39. The van der Waals surface area contributed by atoms with Gasteiger partial charge in [-0.2, -0.15) is 0 Å². The lowest BCUT2D eigenvalue weighted by Gasteiger charge is -2.40. The topological polar surface area (TPSA) is 75.1 Å². The zero-order valence-electron chi connectivity index (χ0n) is 22.2. The maximum atomic E-state index is 13.6. The third-order valence-corrected chi connectivity index (χ3v) is 8.55. The summed E-state index contributed by atoms with van der Waals surface area (Å²) in [5, 5.41) is 14.8. The SMILES string of the molecule is Cc1nnc(C(C)C)n1C1C[C@H]2CC[C@@H](C1)N2CC[C@H](NC(=O)[C@H]1CCC(F)(F)CN1)c1ccccc1. The molecule has 2 N–H and O–H groups in total. The highest BCUT2D eigenvalue weighted by Gasteiger charge is 2.42. The minimum atomic E-state index is -2.73. The van der Waals surface area contributed by atoms with Gasteiger partial charge in [-0.15, -0.1) is 10.2 Å². The standard InChI is InChI=1S/C28H40F2N6O/c1-18(2)26-34-33-19(3)36(26)23-15-21-9-10-22(16-23)35(21)14-12-24(20-7-5-4-6-8-20)32-27(37)25-11-13-28(29,30)17-31-25/h4-8,18,21-25,31H,9-17H2,1-3H3,(H,32,37)/t21-,22+,23?,24-,25+/m0/s1. The summed E-state index contributed by atoms with van der Waals surface area (Å²) in [6.45, 7) is 6.87. The van der Waals surface area contributed by atoms with Crippen molar-refractivity contribution >= 4 is 5.91 Å². The van der Waals surface area contributed by atoms with E-state index in [4.69, 9.17) is 0 Å². The number of piperidine rings is 2. The third-order valence-electron chi connectivity index (χ3n) is 8.55. The number of fused-ring (bicyclic) bond motifs is 2. The van der Waals surface area contributed by atoms with E-state index in [1.165, 1.54) is 12.8 Å². The zero-order chi connectivity index (χ0) is 26.2. The number of halogens is 2. The number of rotatable bonds is 8. The van der Waals surface area contributed by atoms with Crippen LogP contribution in [0.25, 0.3) is 0 Å². The van der Waals surface area contributed by atoms with Gasteiger partial charge in [-0.3, -0.25) is 9.69 Å². The molecule has 4 heterocycles. The number of benzene rings is 1. The lowest BCUT2D eigenvalue weighted by atomic mass is 9.94. The smallest absolute Gasteiger partial charge is 0.260 e. The van der Waals surface area contributed by atoms with Gasteiger partial charge in [0.2, 0.25) is 5.91 Å². The van der Waals surface area contributed by atoms with Crippen molar-refractivity contribution in [2.24, 2.45) is 0 Å². The van der Waals surface area contributed by atoms with Crippen molar-refractivity contribution in [2.45, 2.75) is 108 Å². The Morgan fingerprint density at radius 1 is 1.11 bits per heavy atom. The predicted octanol–water partition coefficient (Wildman–Crippen LogP) is 4.51. The molecule has 0 radical (unpaired) electrons. The van der Waals surface area contributed by atoms with E-state index in [0.717, 1.165) is 43.0 Å². The molecule has 2 bridgehead atoms. The van der Waals surface area contributed by atoms with E-state index in [9.17, 15) is 13.6 Å². The molecule has 1 aromatic heterocycles. The molecule has 3 aliphatic heterocycles. The van der Waals surface area contributed by atoms with Crippen molar-refractivity contribution in [3.05, 3.63) is 47.5 Å². The van der Waals surface area contributed by atoms with Gasteiger partial charge in [0, 0.05) is 37.0 Å². The van der Waals surface area contributed by atoms with Crippen LogP contribution in [-0.4, -0.2) is 62.7 Å². The first-order valence-electron chi connectivity index (χ1n) is 13.9. The molecule has 9 heteroatoms. The van der Waals surface area contributed by atoms with Crippen molar-refractivity contribution in [2.75, 3.05) is 13.1 Å². The fraction of sp³-hybridized carbons (Fsp3) is 0.679. The van der Waals surface area contributed by atoms with Gasteiger partial charge in [-0.25, -0.2) is 8.78 Å². The number of hydrogen-bond acceptors (Lipinski definition) is 5. The van der Waals surface area contributed by atoms with E-state index >= 15 is 0 Å². The minimum absolute atomic E-state index is 0.150. The lowest BCUT2D eigenvalue weighted by Crippen LogP contribution is -2.53. The number of nitrogens with zero attached hydrogens (tertiary/aromatic N) is 4. The Kier molecular flexibility index (Phi) is 7.63. The van der Waals surface area contributed by atoms with Crippen molar-refractivity contribution in [3.8, 4) is 0 Å². The molecule has 37 heavy (non-hydrogen) atoms.